The monoisotopic (exact) mass is 393 g/mol. The number of hydrogen-bond donors (Lipinski definition) is 1. The molecular weight excluding hydrogens is 373 g/mol. The van der Waals surface area contributed by atoms with Crippen LogP contribution in [0.15, 0.2) is 47.6 Å². The van der Waals surface area contributed by atoms with E-state index in [1.54, 1.807) is 24.4 Å². The second-order valence-electron chi connectivity index (χ2n) is 5.40. The predicted molar refractivity (Wildman–Crippen MR) is 108 cm³/mol. The largest absolute Gasteiger partial charge is 0.482 e. The average Bonchev–Trinajstić information content (AvgIpc) is 2.65. The molecule has 0 saturated heterocycles. The fourth-order valence-corrected chi connectivity index (χ4v) is 2.66. The second kappa shape index (κ2) is 10.0. The van der Waals surface area contributed by atoms with Crippen LogP contribution in [0.25, 0.3) is 0 Å². The van der Waals surface area contributed by atoms with Crippen LogP contribution in [0.2, 0.25) is 10.0 Å². The van der Waals surface area contributed by atoms with Gasteiger partial charge in [-0.05, 0) is 43.7 Å². The van der Waals surface area contributed by atoms with E-state index in [2.05, 4.69) is 29.3 Å². The van der Waals surface area contributed by atoms with Gasteiger partial charge in [0.15, 0.2) is 6.61 Å². The number of nitrogens with one attached hydrogen (secondary N) is 1. The van der Waals surface area contributed by atoms with Crippen LogP contribution in [0.5, 0.6) is 5.75 Å². The van der Waals surface area contributed by atoms with Crippen LogP contribution >= 0.6 is 23.2 Å². The molecule has 1 amide bonds. The number of hydrogen-bond acceptors (Lipinski definition) is 4. The maximum atomic E-state index is 11.8. The smallest absolute Gasteiger partial charge is 0.277 e. The van der Waals surface area contributed by atoms with Crippen molar-refractivity contribution in [1.29, 1.82) is 0 Å². The van der Waals surface area contributed by atoms with Crippen molar-refractivity contribution < 1.29 is 9.53 Å². The molecule has 5 nitrogen and oxygen atoms in total. The van der Waals surface area contributed by atoms with E-state index in [1.807, 2.05) is 24.3 Å². The number of hydrazone groups is 1. The molecule has 26 heavy (non-hydrogen) atoms. The van der Waals surface area contributed by atoms with Crippen molar-refractivity contribution in [2.75, 3.05) is 24.6 Å². The van der Waals surface area contributed by atoms with E-state index in [9.17, 15) is 4.79 Å². The average molecular weight is 394 g/mol. The van der Waals surface area contributed by atoms with Gasteiger partial charge in [0.2, 0.25) is 0 Å². The summed E-state index contributed by atoms with van der Waals surface area (Å²) in [6.45, 7) is 5.94. The van der Waals surface area contributed by atoms with Gasteiger partial charge in [0.25, 0.3) is 5.91 Å². The molecular formula is C19H21Cl2N3O2. The quantitative estimate of drug-likeness (QED) is 0.535. The highest BCUT2D eigenvalue weighted by Gasteiger charge is 2.07. The second-order valence-corrected chi connectivity index (χ2v) is 6.18. The fraction of sp³-hybridized carbons (Fsp3) is 0.263. The first kappa shape index (κ1) is 20.1. The van der Waals surface area contributed by atoms with Gasteiger partial charge in [-0.15, -0.1) is 0 Å². The molecule has 0 atom stereocenters. The zero-order valence-corrected chi connectivity index (χ0v) is 16.2. The van der Waals surface area contributed by atoms with E-state index in [4.69, 9.17) is 27.9 Å². The first-order chi connectivity index (χ1) is 12.5. The van der Waals surface area contributed by atoms with Gasteiger partial charge in [0.1, 0.15) is 10.8 Å². The number of benzene rings is 2. The minimum absolute atomic E-state index is 0.210. The van der Waals surface area contributed by atoms with E-state index >= 15 is 0 Å². The Labute approximate surface area is 163 Å². The number of anilines is 1. The molecule has 2 aromatic carbocycles. The van der Waals surface area contributed by atoms with Crippen molar-refractivity contribution >= 4 is 41.0 Å². The molecule has 0 saturated carbocycles. The van der Waals surface area contributed by atoms with Gasteiger partial charge in [-0.25, -0.2) is 5.43 Å². The van der Waals surface area contributed by atoms with Crippen molar-refractivity contribution in [3.63, 3.8) is 0 Å². The third-order valence-electron chi connectivity index (χ3n) is 3.70. The minimum atomic E-state index is -0.392. The van der Waals surface area contributed by atoms with E-state index in [1.165, 1.54) is 0 Å². The first-order valence-corrected chi connectivity index (χ1v) is 9.04. The third-order valence-corrected chi connectivity index (χ3v) is 4.50. The van der Waals surface area contributed by atoms with Gasteiger partial charge >= 0.3 is 0 Å². The highest BCUT2D eigenvalue weighted by Crippen LogP contribution is 2.31. The zero-order chi connectivity index (χ0) is 18.9. The number of halogens is 2. The summed E-state index contributed by atoms with van der Waals surface area (Å²) in [5, 5.41) is 4.58. The molecule has 2 aromatic rings. The van der Waals surface area contributed by atoms with Gasteiger partial charge < -0.3 is 9.64 Å². The topological polar surface area (TPSA) is 53.9 Å². The van der Waals surface area contributed by atoms with Crippen molar-refractivity contribution in [3.05, 3.63) is 58.1 Å². The molecule has 0 aromatic heterocycles. The Kier molecular flexibility index (Phi) is 7.75. The van der Waals surface area contributed by atoms with Crippen molar-refractivity contribution in [2.24, 2.45) is 5.10 Å². The van der Waals surface area contributed by atoms with Gasteiger partial charge in [-0.2, -0.15) is 5.10 Å². The Morgan fingerprint density at radius 1 is 1.15 bits per heavy atom. The lowest BCUT2D eigenvalue weighted by atomic mass is 10.2. The molecule has 7 heteroatoms. The van der Waals surface area contributed by atoms with Crippen molar-refractivity contribution in [3.8, 4) is 5.75 Å². The molecule has 0 bridgehead atoms. The molecule has 0 aliphatic carbocycles. The van der Waals surface area contributed by atoms with Gasteiger partial charge in [0.05, 0.1) is 11.2 Å². The molecule has 0 radical (unpaired) electrons. The molecule has 0 unspecified atom stereocenters. The SMILES string of the molecule is CCN(CC)c1ccc(/C=N/NC(=O)COc2cccc(Cl)c2Cl)cc1. The van der Waals surface area contributed by atoms with Crippen LogP contribution in [-0.4, -0.2) is 31.8 Å². The van der Waals surface area contributed by atoms with E-state index in [-0.39, 0.29) is 11.6 Å². The summed E-state index contributed by atoms with van der Waals surface area (Å²) in [6, 6.07) is 12.9. The van der Waals surface area contributed by atoms with Gasteiger partial charge in [0, 0.05) is 18.8 Å². The van der Waals surface area contributed by atoms with Crippen LogP contribution in [0.3, 0.4) is 0 Å². The molecule has 138 valence electrons. The zero-order valence-electron chi connectivity index (χ0n) is 14.7. The number of nitrogens with zero attached hydrogens (tertiary/aromatic N) is 2. The number of ether oxygens (including phenoxy) is 1. The van der Waals surface area contributed by atoms with Crippen LogP contribution in [0.4, 0.5) is 5.69 Å². The fourth-order valence-electron chi connectivity index (χ4n) is 2.31. The van der Waals surface area contributed by atoms with E-state index in [0.29, 0.717) is 10.8 Å². The Morgan fingerprint density at radius 2 is 1.85 bits per heavy atom. The summed E-state index contributed by atoms with van der Waals surface area (Å²) < 4.78 is 5.34. The third kappa shape index (κ3) is 5.64. The summed E-state index contributed by atoms with van der Waals surface area (Å²) in [6.07, 6.45) is 1.58. The van der Waals surface area contributed by atoms with Crippen molar-refractivity contribution in [1.82, 2.24) is 5.43 Å². The molecule has 2 rings (SSSR count). The summed E-state index contributed by atoms with van der Waals surface area (Å²) in [4.78, 5) is 14.0. The van der Waals surface area contributed by atoms with E-state index < -0.39 is 5.91 Å². The number of carbonyl (C=O) groups is 1. The first-order valence-electron chi connectivity index (χ1n) is 8.28. The Bertz CT molecular complexity index is 760. The minimum Gasteiger partial charge on any atom is -0.482 e. The van der Waals surface area contributed by atoms with Gasteiger partial charge in [-0.3, -0.25) is 4.79 Å². The van der Waals surface area contributed by atoms with Gasteiger partial charge in [-0.1, -0.05) is 41.4 Å². The normalized spacial score (nSPS) is 10.8. The highest BCUT2D eigenvalue weighted by molar-refractivity contribution is 6.42. The number of rotatable bonds is 8. The highest BCUT2D eigenvalue weighted by atomic mass is 35.5. The Morgan fingerprint density at radius 3 is 2.50 bits per heavy atom. The summed E-state index contributed by atoms with van der Waals surface area (Å²) in [5.74, 6) is -0.0395. The van der Waals surface area contributed by atoms with Crippen molar-refractivity contribution in [2.45, 2.75) is 13.8 Å². The predicted octanol–water partition coefficient (Wildman–Crippen LogP) is 4.37. The summed E-state index contributed by atoms with van der Waals surface area (Å²) >= 11 is 11.9. The number of carbonyl (C=O) groups excluding carboxylic acids is 1. The lowest BCUT2D eigenvalue weighted by Crippen LogP contribution is -2.24. The molecule has 0 aliphatic rings. The molecule has 0 spiro atoms. The van der Waals surface area contributed by atoms with E-state index in [0.717, 1.165) is 24.3 Å². The Balaban J connectivity index is 1.84. The standard InChI is InChI=1S/C19H21Cl2N3O2/c1-3-24(4-2)15-10-8-14(9-11-15)12-22-23-18(25)13-26-17-7-5-6-16(20)19(17)21/h5-12H,3-4,13H2,1-2H3,(H,23,25)/b22-12+. The molecule has 0 fully saturated rings. The maximum absolute atomic E-state index is 11.8. The summed E-state index contributed by atoms with van der Waals surface area (Å²) in [5.41, 5.74) is 4.46. The van der Waals surface area contributed by atoms with Crippen LogP contribution < -0.4 is 15.1 Å². The molecule has 1 N–H and O–H groups in total. The van der Waals surface area contributed by atoms with Crippen LogP contribution in [-0.2, 0) is 4.79 Å². The molecule has 0 heterocycles. The molecule has 0 aliphatic heterocycles. The maximum Gasteiger partial charge on any atom is 0.277 e. The Hall–Kier alpha value is -2.24. The van der Waals surface area contributed by atoms with Crippen LogP contribution in [0.1, 0.15) is 19.4 Å². The number of amides is 1. The lowest BCUT2D eigenvalue weighted by Gasteiger charge is -2.20. The lowest BCUT2D eigenvalue weighted by molar-refractivity contribution is -0.123. The summed E-state index contributed by atoms with van der Waals surface area (Å²) in [7, 11) is 0. The van der Waals surface area contributed by atoms with Crippen LogP contribution in [0, 0.1) is 0 Å².